The predicted octanol–water partition coefficient (Wildman–Crippen LogP) is 3.10. The van der Waals surface area contributed by atoms with Crippen molar-refractivity contribution < 1.29 is 19.3 Å². The number of thiocarbonyl (C=S) groups is 1. The average Bonchev–Trinajstić information content (AvgIpc) is 2.83. The molecule has 10 nitrogen and oxygen atoms in total. The molecule has 0 fully saturated rings. The van der Waals surface area contributed by atoms with Gasteiger partial charge in [-0.1, -0.05) is 17.7 Å². The van der Waals surface area contributed by atoms with Crippen molar-refractivity contribution in [1.82, 2.24) is 16.2 Å². The number of nitro groups is 1. The Morgan fingerprint density at radius 1 is 0.794 bits per heavy atom. The third kappa shape index (κ3) is 6.43. The van der Waals surface area contributed by atoms with Crippen molar-refractivity contribution >= 4 is 46.4 Å². The van der Waals surface area contributed by atoms with Crippen LogP contribution in [0.1, 0.15) is 36.6 Å². The Kier molecular flexibility index (Phi) is 7.62. The van der Waals surface area contributed by atoms with Gasteiger partial charge in [0.05, 0.1) is 4.92 Å². The van der Waals surface area contributed by atoms with Crippen molar-refractivity contribution in [3.8, 4) is 0 Å². The van der Waals surface area contributed by atoms with Gasteiger partial charge in [-0.25, -0.2) is 0 Å². The maximum Gasteiger partial charge on any atom is 0.269 e. The Balaban J connectivity index is 1.49. The summed E-state index contributed by atoms with van der Waals surface area (Å²) in [5.41, 5.74) is 7.05. The first kappa shape index (κ1) is 24.0. The molecule has 3 aromatic rings. The standard InChI is InChI=1S/C23H19N5O5S/c1-14-3-2-4-17(13-14)21(30)24-18-9-5-16(6-10-18)22(31)26-27-23(34)25-20(29)15-7-11-19(12-8-15)28(32)33/h2-13H,1H3,(H,24,30)(H,26,31)(H2,25,27,29,34). The topological polar surface area (TPSA) is 142 Å². The average molecular weight is 478 g/mol. The van der Waals surface area contributed by atoms with E-state index >= 15 is 0 Å². The number of hydrogen-bond donors (Lipinski definition) is 4. The van der Waals surface area contributed by atoms with E-state index in [0.717, 1.165) is 5.56 Å². The van der Waals surface area contributed by atoms with Crippen LogP contribution in [0.4, 0.5) is 11.4 Å². The van der Waals surface area contributed by atoms with E-state index in [9.17, 15) is 24.5 Å². The highest BCUT2D eigenvalue weighted by molar-refractivity contribution is 7.80. The van der Waals surface area contributed by atoms with Gasteiger partial charge in [0.2, 0.25) is 0 Å². The first-order chi connectivity index (χ1) is 16.2. The van der Waals surface area contributed by atoms with E-state index in [4.69, 9.17) is 12.2 Å². The highest BCUT2D eigenvalue weighted by Crippen LogP contribution is 2.13. The number of rotatable bonds is 5. The van der Waals surface area contributed by atoms with E-state index in [1.54, 1.807) is 30.3 Å². The van der Waals surface area contributed by atoms with Crippen molar-refractivity contribution in [2.75, 3.05) is 5.32 Å². The summed E-state index contributed by atoms with van der Waals surface area (Å²) in [6, 6.07) is 18.3. The number of amides is 3. The fraction of sp³-hybridized carbons (Fsp3) is 0.0435. The minimum Gasteiger partial charge on any atom is -0.322 e. The molecule has 0 saturated heterocycles. The summed E-state index contributed by atoms with van der Waals surface area (Å²) in [4.78, 5) is 46.9. The van der Waals surface area contributed by atoms with Crippen LogP contribution in [0.15, 0.2) is 72.8 Å². The molecule has 0 aromatic heterocycles. The number of non-ortho nitro benzene ring substituents is 1. The van der Waals surface area contributed by atoms with Crippen LogP contribution in [0.3, 0.4) is 0 Å². The molecule has 3 amide bonds. The number of aryl methyl sites for hydroxylation is 1. The third-order valence-corrected chi connectivity index (χ3v) is 4.75. The molecular weight excluding hydrogens is 458 g/mol. The smallest absolute Gasteiger partial charge is 0.269 e. The SMILES string of the molecule is Cc1cccc(C(=O)Nc2ccc(C(=O)NNC(=S)NC(=O)c3ccc([N+](=O)[O-])cc3)cc2)c1. The number of nitro benzene ring substituents is 1. The second-order valence-corrected chi connectivity index (χ2v) is 7.48. The molecule has 0 spiro atoms. The molecule has 0 unspecified atom stereocenters. The number of anilines is 1. The number of nitrogens with zero attached hydrogens (tertiary/aromatic N) is 1. The molecular formula is C23H19N5O5S. The molecule has 0 heterocycles. The van der Waals surface area contributed by atoms with E-state index < -0.39 is 16.7 Å². The van der Waals surface area contributed by atoms with Crippen LogP contribution < -0.4 is 21.5 Å². The number of carbonyl (C=O) groups is 3. The van der Waals surface area contributed by atoms with Gasteiger partial charge < -0.3 is 5.32 Å². The highest BCUT2D eigenvalue weighted by atomic mass is 32.1. The quantitative estimate of drug-likeness (QED) is 0.251. The molecule has 0 atom stereocenters. The maximum atomic E-state index is 12.3. The first-order valence-corrected chi connectivity index (χ1v) is 10.3. The lowest BCUT2D eigenvalue weighted by Gasteiger charge is -2.11. The molecule has 172 valence electrons. The summed E-state index contributed by atoms with van der Waals surface area (Å²) >= 11 is 4.98. The van der Waals surface area contributed by atoms with E-state index in [0.29, 0.717) is 11.3 Å². The minimum absolute atomic E-state index is 0.148. The first-order valence-electron chi connectivity index (χ1n) is 9.87. The van der Waals surface area contributed by atoms with Gasteiger partial charge in [0.25, 0.3) is 23.4 Å². The molecule has 3 rings (SSSR count). The molecule has 0 bridgehead atoms. The maximum absolute atomic E-state index is 12.3. The molecule has 11 heteroatoms. The molecule has 34 heavy (non-hydrogen) atoms. The van der Waals surface area contributed by atoms with Crippen LogP contribution in [0.5, 0.6) is 0 Å². The van der Waals surface area contributed by atoms with E-state index in [-0.39, 0.29) is 27.8 Å². The monoisotopic (exact) mass is 477 g/mol. The zero-order chi connectivity index (χ0) is 24.7. The summed E-state index contributed by atoms with van der Waals surface area (Å²) in [6.07, 6.45) is 0. The zero-order valence-corrected chi connectivity index (χ0v) is 18.6. The molecule has 3 aromatic carbocycles. The fourth-order valence-corrected chi connectivity index (χ4v) is 2.96. The summed E-state index contributed by atoms with van der Waals surface area (Å²) in [5.74, 6) is -1.39. The van der Waals surface area contributed by atoms with Gasteiger partial charge in [0.1, 0.15) is 0 Å². The zero-order valence-electron chi connectivity index (χ0n) is 17.8. The second-order valence-electron chi connectivity index (χ2n) is 7.07. The van der Waals surface area contributed by atoms with Crippen LogP contribution >= 0.6 is 12.2 Å². The number of nitrogens with one attached hydrogen (secondary N) is 4. The van der Waals surface area contributed by atoms with Gasteiger partial charge in [0, 0.05) is 34.5 Å². The van der Waals surface area contributed by atoms with Crippen LogP contribution in [0, 0.1) is 17.0 Å². The minimum atomic E-state index is -0.602. The van der Waals surface area contributed by atoms with E-state index in [2.05, 4.69) is 21.5 Å². The van der Waals surface area contributed by atoms with Crippen LogP contribution in [-0.2, 0) is 0 Å². The highest BCUT2D eigenvalue weighted by Gasteiger charge is 2.12. The van der Waals surface area contributed by atoms with E-state index in [1.807, 2.05) is 13.0 Å². The Bertz CT molecular complexity index is 1260. The van der Waals surface area contributed by atoms with Gasteiger partial charge in [0.15, 0.2) is 5.11 Å². The number of hydrogen-bond acceptors (Lipinski definition) is 6. The Hall–Kier alpha value is -4.64. The summed E-state index contributed by atoms with van der Waals surface area (Å²) in [7, 11) is 0. The lowest BCUT2D eigenvalue weighted by Crippen LogP contribution is -2.48. The van der Waals surface area contributed by atoms with Gasteiger partial charge in [-0.05, 0) is 67.7 Å². The lowest BCUT2D eigenvalue weighted by molar-refractivity contribution is -0.384. The third-order valence-electron chi connectivity index (χ3n) is 4.54. The summed E-state index contributed by atoms with van der Waals surface area (Å²) in [5, 5.41) is 15.6. The molecule has 0 aliphatic heterocycles. The van der Waals surface area contributed by atoms with Crippen molar-refractivity contribution in [2.45, 2.75) is 6.92 Å². The molecule has 0 radical (unpaired) electrons. The number of carbonyl (C=O) groups excluding carboxylic acids is 3. The van der Waals surface area contributed by atoms with Gasteiger partial charge in [-0.2, -0.15) is 0 Å². The Morgan fingerprint density at radius 2 is 1.41 bits per heavy atom. The van der Waals surface area contributed by atoms with Crippen molar-refractivity contribution in [1.29, 1.82) is 0 Å². The molecule has 0 saturated carbocycles. The fourth-order valence-electron chi connectivity index (χ4n) is 2.82. The molecule has 0 aliphatic rings. The van der Waals surface area contributed by atoms with Crippen LogP contribution in [0.25, 0.3) is 0 Å². The molecule has 0 aliphatic carbocycles. The predicted molar refractivity (Wildman–Crippen MR) is 129 cm³/mol. The number of benzene rings is 3. The Morgan fingerprint density at radius 3 is 2.03 bits per heavy atom. The Labute approximate surface area is 199 Å². The van der Waals surface area contributed by atoms with Gasteiger partial charge >= 0.3 is 0 Å². The number of hydrazine groups is 1. The summed E-state index contributed by atoms with van der Waals surface area (Å²) in [6.45, 7) is 1.89. The lowest BCUT2D eigenvalue weighted by atomic mass is 10.1. The molecule has 4 N–H and O–H groups in total. The van der Waals surface area contributed by atoms with Crippen LogP contribution in [0.2, 0.25) is 0 Å². The van der Waals surface area contributed by atoms with E-state index in [1.165, 1.54) is 36.4 Å². The van der Waals surface area contributed by atoms with Crippen LogP contribution in [-0.4, -0.2) is 27.8 Å². The summed E-state index contributed by atoms with van der Waals surface area (Å²) < 4.78 is 0. The van der Waals surface area contributed by atoms with Crippen molar-refractivity contribution in [3.05, 3.63) is 105 Å². The van der Waals surface area contributed by atoms with Gasteiger partial charge in [-0.3, -0.25) is 40.7 Å². The van der Waals surface area contributed by atoms with Gasteiger partial charge in [-0.15, -0.1) is 0 Å². The second kappa shape index (κ2) is 10.8. The largest absolute Gasteiger partial charge is 0.322 e. The normalized spacial score (nSPS) is 10.0. The van der Waals surface area contributed by atoms with Crippen molar-refractivity contribution in [3.63, 3.8) is 0 Å². The van der Waals surface area contributed by atoms with Crippen molar-refractivity contribution in [2.24, 2.45) is 0 Å².